The van der Waals surface area contributed by atoms with Crippen molar-refractivity contribution in [2.75, 3.05) is 17.6 Å². The molecule has 0 radical (unpaired) electrons. The van der Waals surface area contributed by atoms with Crippen molar-refractivity contribution in [2.24, 2.45) is 5.92 Å². The largest absolute Gasteiger partial charge is 0.417 e. The van der Waals surface area contributed by atoms with Gasteiger partial charge in [-0.15, -0.1) is 0 Å². The number of rotatable bonds is 3. The third-order valence-electron chi connectivity index (χ3n) is 3.65. The Morgan fingerprint density at radius 2 is 2.17 bits per heavy atom. The first-order valence-electron chi connectivity index (χ1n) is 6.38. The first-order valence-corrected chi connectivity index (χ1v) is 6.38. The Bertz CT molecular complexity index is 608. The standard InChI is InChI=1S/C13H17N3O2/c14-9-5-12-11(16-13(17)18-12)6-10(9)15-7-8-3-1-2-4-8/h5-6,8,15H,1-4,7,14H2,(H,16,17). The van der Waals surface area contributed by atoms with E-state index >= 15 is 0 Å². The molecule has 3 rings (SSSR count). The number of aromatic nitrogens is 1. The molecule has 0 saturated heterocycles. The average Bonchev–Trinajstić information content (AvgIpc) is 2.94. The second kappa shape index (κ2) is 4.40. The first kappa shape index (κ1) is 11.2. The fourth-order valence-electron chi connectivity index (χ4n) is 2.63. The molecule has 5 heteroatoms. The van der Waals surface area contributed by atoms with E-state index in [1.165, 1.54) is 25.7 Å². The van der Waals surface area contributed by atoms with Crippen LogP contribution in [0.4, 0.5) is 11.4 Å². The van der Waals surface area contributed by atoms with Gasteiger partial charge >= 0.3 is 5.76 Å². The summed E-state index contributed by atoms with van der Waals surface area (Å²) < 4.78 is 4.96. The van der Waals surface area contributed by atoms with E-state index in [9.17, 15) is 4.79 Å². The molecule has 0 aliphatic heterocycles. The molecule has 0 atom stereocenters. The molecule has 96 valence electrons. The topological polar surface area (TPSA) is 84.0 Å². The van der Waals surface area contributed by atoms with Gasteiger partial charge in [-0.3, -0.25) is 4.98 Å². The minimum Gasteiger partial charge on any atom is -0.408 e. The van der Waals surface area contributed by atoms with E-state index in [1.807, 2.05) is 6.07 Å². The van der Waals surface area contributed by atoms with Crippen LogP contribution in [0, 0.1) is 5.92 Å². The maximum Gasteiger partial charge on any atom is 0.417 e. The van der Waals surface area contributed by atoms with Gasteiger partial charge in [-0.25, -0.2) is 4.79 Å². The molecule has 0 spiro atoms. The molecule has 0 amide bonds. The van der Waals surface area contributed by atoms with Crippen molar-refractivity contribution in [3.8, 4) is 0 Å². The van der Waals surface area contributed by atoms with Crippen LogP contribution in [-0.4, -0.2) is 11.5 Å². The summed E-state index contributed by atoms with van der Waals surface area (Å²) in [7, 11) is 0. The molecule has 0 unspecified atom stereocenters. The SMILES string of the molecule is Nc1cc2oc(=O)[nH]c2cc1NCC1CCCC1. The van der Waals surface area contributed by atoms with E-state index in [-0.39, 0.29) is 0 Å². The Labute approximate surface area is 104 Å². The van der Waals surface area contributed by atoms with Gasteiger partial charge in [0, 0.05) is 12.6 Å². The lowest BCUT2D eigenvalue weighted by atomic mass is 10.1. The van der Waals surface area contributed by atoms with Crippen molar-refractivity contribution in [3.05, 3.63) is 22.7 Å². The highest BCUT2D eigenvalue weighted by Gasteiger charge is 2.15. The van der Waals surface area contributed by atoms with E-state index in [1.54, 1.807) is 6.07 Å². The zero-order valence-electron chi connectivity index (χ0n) is 10.2. The van der Waals surface area contributed by atoms with E-state index in [0.29, 0.717) is 16.8 Å². The number of hydrogen-bond acceptors (Lipinski definition) is 4. The van der Waals surface area contributed by atoms with Crippen LogP contribution >= 0.6 is 0 Å². The molecular weight excluding hydrogens is 230 g/mol. The third-order valence-corrected chi connectivity index (χ3v) is 3.65. The quantitative estimate of drug-likeness (QED) is 0.727. The minimum absolute atomic E-state index is 0.447. The van der Waals surface area contributed by atoms with Crippen LogP contribution in [0.25, 0.3) is 11.1 Å². The number of nitrogens with one attached hydrogen (secondary N) is 2. The fraction of sp³-hybridized carbons (Fsp3) is 0.462. The van der Waals surface area contributed by atoms with E-state index in [0.717, 1.165) is 18.2 Å². The molecule has 1 aromatic heterocycles. The number of nitrogen functional groups attached to an aromatic ring is 1. The van der Waals surface area contributed by atoms with E-state index < -0.39 is 5.76 Å². The molecule has 1 saturated carbocycles. The highest BCUT2D eigenvalue weighted by molar-refractivity contribution is 5.85. The van der Waals surface area contributed by atoms with Crippen molar-refractivity contribution >= 4 is 22.5 Å². The first-order chi connectivity index (χ1) is 8.72. The van der Waals surface area contributed by atoms with Crippen molar-refractivity contribution in [1.82, 2.24) is 4.98 Å². The van der Waals surface area contributed by atoms with E-state index in [2.05, 4.69) is 10.3 Å². The summed E-state index contributed by atoms with van der Waals surface area (Å²) in [4.78, 5) is 13.7. The van der Waals surface area contributed by atoms with Crippen molar-refractivity contribution in [1.29, 1.82) is 0 Å². The predicted molar refractivity (Wildman–Crippen MR) is 71.7 cm³/mol. The van der Waals surface area contributed by atoms with Crippen LogP contribution in [0.5, 0.6) is 0 Å². The van der Waals surface area contributed by atoms with Crippen LogP contribution < -0.4 is 16.8 Å². The summed E-state index contributed by atoms with van der Waals surface area (Å²) >= 11 is 0. The number of fused-ring (bicyclic) bond motifs is 1. The minimum atomic E-state index is -0.447. The Morgan fingerprint density at radius 1 is 1.39 bits per heavy atom. The molecule has 2 aromatic rings. The Kier molecular flexibility index (Phi) is 2.74. The van der Waals surface area contributed by atoms with Gasteiger partial charge in [-0.1, -0.05) is 12.8 Å². The van der Waals surface area contributed by atoms with Gasteiger partial charge in [-0.2, -0.15) is 0 Å². The lowest BCUT2D eigenvalue weighted by Gasteiger charge is -2.13. The highest BCUT2D eigenvalue weighted by atomic mass is 16.4. The van der Waals surface area contributed by atoms with Gasteiger partial charge < -0.3 is 15.5 Å². The third kappa shape index (κ3) is 2.08. The molecular formula is C13H17N3O2. The molecule has 5 nitrogen and oxygen atoms in total. The molecule has 1 aromatic carbocycles. The van der Waals surface area contributed by atoms with Gasteiger partial charge in [0.15, 0.2) is 5.58 Å². The predicted octanol–water partition coefficient (Wildman–Crippen LogP) is 2.31. The smallest absolute Gasteiger partial charge is 0.408 e. The van der Waals surface area contributed by atoms with Gasteiger partial charge in [0.2, 0.25) is 0 Å². The monoisotopic (exact) mass is 247 g/mol. The number of nitrogens with two attached hydrogens (primary N) is 1. The molecule has 4 N–H and O–H groups in total. The van der Waals surface area contributed by atoms with Crippen LogP contribution in [0.3, 0.4) is 0 Å². The van der Waals surface area contributed by atoms with Gasteiger partial charge in [0.1, 0.15) is 0 Å². The Hall–Kier alpha value is -1.91. The second-order valence-electron chi connectivity index (χ2n) is 4.98. The number of anilines is 2. The molecule has 1 aliphatic carbocycles. The van der Waals surface area contributed by atoms with Crippen LogP contribution in [0.1, 0.15) is 25.7 Å². The summed E-state index contributed by atoms with van der Waals surface area (Å²) in [5, 5.41) is 3.37. The zero-order chi connectivity index (χ0) is 12.5. The molecule has 18 heavy (non-hydrogen) atoms. The lowest BCUT2D eigenvalue weighted by Crippen LogP contribution is -2.12. The summed E-state index contributed by atoms with van der Waals surface area (Å²) in [6.45, 7) is 0.942. The Morgan fingerprint density at radius 3 is 2.94 bits per heavy atom. The number of aromatic amines is 1. The molecule has 1 aliphatic rings. The zero-order valence-corrected chi connectivity index (χ0v) is 10.2. The summed E-state index contributed by atoms with van der Waals surface area (Å²) in [5.74, 6) is 0.292. The average molecular weight is 247 g/mol. The van der Waals surface area contributed by atoms with Gasteiger partial charge in [-0.05, 0) is 24.8 Å². The second-order valence-corrected chi connectivity index (χ2v) is 4.98. The summed E-state index contributed by atoms with van der Waals surface area (Å²) in [6, 6.07) is 3.52. The Balaban J connectivity index is 1.81. The molecule has 1 heterocycles. The maximum absolute atomic E-state index is 11.1. The normalized spacial score (nSPS) is 16.4. The van der Waals surface area contributed by atoms with Crippen molar-refractivity contribution < 1.29 is 4.42 Å². The highest BCUT2D eigenvalue weighted by Crippen LogP contribution is 2.28. The number of hydrogen-bond donors (Lipinski definition) is 3. The summed E-state index contributed by atoms with van der Waals surface area (Å²) in [5.41, 5.74) is 8.61. The van der Waals surface area contributed by atoms with Gasteiger partial charge in [0.25, 0.3) is 0 Å². The lowest BCUT2D eigenvalue weighted by molar-refractivity contribution is 0.555. The number of benzene rings is 1. The molecule has 0 bridgehead atoms. The number of H-pyrrole nitrogens is 1. The van der Waals surface area contributed by atoms with Crippen LogP contribution in [-0.2, 0) is 0 Å². The van der Waals surface area contributed by atoms with Gasteiger partial charge in [0.05, 0.1) is 16.9 Å². The molecule has 1 fully saturated rings. The van der Waals surface area contributed by atoms with Crippen molar-refractivity contribution in [2.45, 2.75) is 25.7 Å². The maximum atomic E-state index is 11.1. The van der Waals surface area contributed by atoms with Crippen LogP contribution in [0.15, 0.2) is 21.3 Å². The van der Waals surface area contributed by atoms with E-state index in [4.69, 9.17) is 10.2 Å². The fourth-order valence-corrected chi connectivity index (χ4v) is 2.63. The summed E-state index contributed by atoms with van der Waals surface area (Å²) in [6.07, 6.45) is 5.24. The van der Waals surface area contributed by atoms with Crippen LogP contribution in [0.2, 0.25) is 0 Å². The number of oxazole rings is 1. The van der Waals surface area contributed by atoms with Crippen molar-refractivity contribution in [3.63, 3.8) is 0 Å².